The summed E-state index contributed by atoms with van der Waals surface area (Å²) in [6.07, 6.45) is 1.52. The van der Waals surface area contributed by atoms with Crippen LogP contribution in [0.3, 0.4) is 0 Å². The van der Waals surface area contributed by atoms with E-state index < -0.39 is 0 Å². The van der Waals surface area contributed by atoms with E-state index in [9.17, 15) is 0 Å². The third-order valence-electron chi connectivity index (χ3n) is 0.885. The normalized spacial score (nSPS) is 13.2. The Morgan fingerprint density at radius 3 is 2.56 bits per heavy atom. The Morgan fingerprint density at radius 1 is 1.67 bits per heavy atom. The summed E-state index contributed by atoms with van der Waals surface area (Å²) in [6, 6.07) is 2.09. The number of thiol groups is 1. The van der Waals surface area contributed by atoms with Crippen LogP contribution in [0, 0.1) is 11.3 Å². The van der Waals surface area contributed by atoms with Gasteiger partial charge in [0, 0.05) is 19.9 Å². The predicted octanol–water partition coefficient (Wildman–Crippen LogP) is 1.70. The van der Waals surface area contributed by atoms with Crippen LogP contribution in [0.5, 0.6) is 0 Å². The van der Waals surface area contributed by atoms with Gasteiger partial charge < -0.3 is 0 Å². The SMILES string of the molecule is CN(C)P(S)CCC#N. The second kappa shape index (κ2) is 5.05. The number of nitrogens with zero attached hydrogens (tertiary/aromatic N) is 2. The quantitative estimate of drug-likeness (QED) is 0.505. The van der Waals surface area contributed by atoms with Crippen molar-refractivity contribution in [1.82, 2.24) is 4.67 Å². The Balaban J connectivity index is 3.29. The predicted molar refractivity (Wildman–Crippen MR) is 44.7 cm³/mol. The molecule has 9 heavy (non-hydrogen) atoms. The third-order valence-corrected chi connectivity index (χ3v) is 4.11. The first-order chi connectivity index (χ1) is 4.18. The van der Waals surface area contributed by atoms with Crippen molar-refractivity contribution < 1.29 is 0 Å². The monoisotopic (exact) mass is 162 g/mol. The Labute approximate surface area is 62.8 Å². The van der Waals surface area contributed by atoms with E-state index in [-0.39, 0.29) is 7.27 Å². The Bertz CT molecular complexity index is 110. The van der Waals surface area contributed by atoms with Crippen LogP contribution in [-0.2, 0) is 0 Å². The van der Waals surface area contributed by atoms with Gasteiger partial charge in [-0.25, -0.2) is 0 Å². The first-order valence-corrected chi connectivity index (χ1v) is 5.32. The minimum absolute atomic E-state index is 0.340. The minimum atomic E-state index is -0.340. The molecule has 1 unspecified atom stereocenters. The minimum Gasteiger partial charge on any atom is -0.280 e. The highest BCUT2D eigenvalue weighted by Crippen LogP contribution is 2.42. The molecule has 0 rings (SSSR count). The summed E-state index contributed by atoms with van der Waals surface area (Å²) in [5.74, 6) is 0. The van der Waals surface area contributed by atoms with Crippen LogP contribution in [-0.4, -0.2) is 24.9 Å². The number of hydrogen-bond acceptors (Lipinski definition) is 3. The molecule has 4 heteroatoms. The highest BCUT2D eigenvalue weighted by Gasteiger charge is 2.02. The summed E-state index contributed by atoms with van der Waals surface area (Å²) in [7, 11) is 3.62. The van der Waals surface area contributed by atoms with Crippen molar-refractivity contribution in [1.29, 1.82) is 5.26 Å². The zero-order chi connectivity index (χ0) is 7.28. The van der Waals surface area contributed by atoms with E-state index in [1.807, 2.05) is 14.1 Å². The second-order valence-corrected chi connectivity index (χ2v) is 5.23. The maximum atomic E-state index is 8.20. The molecule has 0 radical (unpaired) electrons. The lowest BCUT2D eigenvalue weighted by molar-refractivity contribution is 0.686. The largest absolute Gasteiger partial charge is 0.280 e. The molecule has 0 aliphatic rings. The molecular weight excluding hydrogens is 151 g/mol. The number of nitriles is 1. The Hall–Kier alpha value is 0.230. The molecule has 0 aromatic heterocycles. The maximum Gasteiger partial charge on any atom is 0.0626 e. The van der Waals surface area contributed by atoms with Gasteiger partial charge in [-0.15, -0.1) is 12.2 Å². The molecule has 0 fully saturated rings. The molecule has 0 aromatic carbocycles. The van der Waals surface area contributed by atoms with Gasteiger partial charge in [-0.05, 0) is 14.1 Å². The van der Waals surface area contributed by atoms with E-state index in [1.165, 1.54) is 0 Å². The van der Waals surface area contributed by atoms with Crippen LogP contribution >= 0.6 is 19.5 Å². The van der Waals surface area contributed by atoms with Crippen molar-refractivity contribution in [3.05, 3.63) is 0 Å². The topological polar surface area (TPSA) is 27.0 Å². The maximum absolute atomic E-state index is 8.20. The lowest BCUT2D eigenvalue weighted by Crippen LogP contribution is -2.02. The average molecular weight is 162 g/mol. The van der Waals surface area contributed by atoms with Gasteiger partial charge in [0.2, 0.25) is 0 Å². The molecule has 0 bridgehead atoms. The summed E-state index contributed by atoms with van der Waals surface area (Å²) in [5.41, 5.74) is 0. The highest BCUT2D eigenvalue weighted by atomic mass is 32.7. The van der Waals surface area contributed by atoms with Crippen molar-refractivity contribution in [3.63, 3.8) is 0 Å². The standard InChI is InChI=1S/C5H11N2PS/c1-7(2)8(9)5-3-4-6/h9H,3,5H2,1-2H3. The van der Waals surface area contributed by atoms with Crippen LogP contribution in [0.2, 0.25) is 0 Å². The molecular formula is C5H11N2PS. The zero-order valence-electron chi connectivity index (χ0n) is 5.70. The van der Waals surface area contributed by atoms with Crippen molar-refractivity contribution in [2.45, 2.75) is 6.42 Å². The molecule has 0 saturated carbocycles. The van der Waals surface area contributed by atoms with Gasteiger partial charge in [0.05, 0.1) is 6.07 Å². The van der Waals surface area contributed by atoms with E-state index in [2.05, 4.69) is 23.0 Å². The molecule has 0 saturated heterocycles. The summed E-state index contributed by atoms with van der Waals surface area (Å²) in [6.45, 7) is 0. The van der Waals surface area contributed by atoms with Gasteiger partial charge in [0.1, 0.15) is 0 Å². The van der Waals surface area contributed by atoms with Gasteiger partial charge in [-0.3, -0.25) is 4.67 Å². The van der Waals surface area contributed by atoms with Gasteiger partial charge in [0.25, 0.3) is 0 Å². The molecule has 1 atom stereocenters. The summed E-state index contributed by atoms with van der Waals surface area (Å²) in [4.78, 5) is 0. The van der Waals surface area contributed by atoms with Crippen LogP contribution < -0.4 is 0 Å². The summed E-state index contributed by atoms with van der Waals surface area (Å²) in [5, 5.41) is 8.20. The van der Waals surface area contributed by atoms with Crippen LogP contribution in [0.4, 0.5) is 0 Å². The number of hydrogen-bond donors (Lipinski definition) is 1. The third kappa shape index (κ3) is 4.72. The average Bonchev–Trinajstić information content (AvgIpc) is 1.82. The fourth-order valence-electron chi connectivity index (χ4n) is 0.350. The first kappa shape index (κ1) is 9.23. The molecule has 2 nitrogen and oxygen atoms in total. The van der Waals surface area contributed by atoms with E-state index in [4.69, 9.17) is 5.26 Å². The molecule has 0 aromatic rings. The zero-order valence-corrected chi connectivity index (χ0v) is 7.49. The van der Waals surface area contributed by atoms with Crippen LogP contribution in [0.15, 0.2) is 0 Å². The van der Waals surface area contributed by atoms with E-state index in [0.717, 1.165) is 6.16 Å². The summed E-state index contributed by atoms with van der Waals surface area (Å²) >= 11 is 4.30. The molecule has 0 spiro atoms. The van der Waals surface area contributed by atoms with Crippen molar-refractivity contribution >= 4 is 19.5 Å². The molecule has 52 valence electrons. The fourth-order valence-corrected chi connectivity index (χ4v) is 1.35. The lowest BCUT2D eigenvalue weighted by atomic mass is 10.6. The van der Waals surface area contributed by atoms with E-state index in [0.29, 0.717) is 6.42 Å². The molecule has 0 aliphatic heterocycles. The van der Waals surface area contributed by atoms with Crippen molar-refractivity contribution in [2.24, 2.45) is 0 Å². The second-order valence-electron chi connectivity index (χ2n) is 1.85. The smallest absolute Gasteiger partial charge is 0.0626 e. The van der Waals surface area contributed by atoms with Crippen LogP contribution in [0.1, 0.15) is 6.42 Å². The van der Waals surface area contributed by atoms with Gasteiger partial charge >= 0.3 is 0 Å². The Morgan fingerprint density at radius 2 is 2.22 bits per heavy atom. The highest BCUT2D eigenvalue weighted by molar-refractivity contribution is 8.44. The number of rotatable bonds is 3. The van der Waals surface area contributed by atoms with Gasteiger partial charge in [-0.1, -0.05) is 0 Å². The van der Waals surface area contributed by atoms with Gasteiger partial charge in [-0.2, -0.15) is 5.26 Å². The van der Waals surface area contributed by atoms with Crippen molar-refractivity contribution in [2.75, 3.05) is 20.3 Å². The van der Waals surface area contributed by atoms with Gasteiger partial charge in [0.15, 0.2) is 0 Å². The molecule has 0 N–H and O–H groups in total. The van der Waals surface area contributed by atoms with Crippen LogP contribution in [0.25, 0.3) is 0 Å². The summed E-state index contributed by atoms with van der Waals surface area (Å²) < 4.78 is 2.05. The molecule has 0 heterocycles. The Kier molecular flexibility index (Phi) is 5.18. The molecule has 0 amide bonds. The van der Waals surface area contributed by atoms with E-state index >= 15 is 0 Å². The van der Waals surface area contributed by atoms with E-state index in [1.54, 1.807) is 0 Å². The van der Waals surface area contributed by atoms with Crippen molar-refractivity contribution in [3.8, 4) is 6.07 Å². The fraction of sp³-hybridized carbons (Fsp3) is 0.800. The molecule has 0 aliphatic carbocycles. The lowest BCUT2D eigenvalue weighted by Gasteiger charge is -2.16. The first-order valence-electron chi connectivity index (χ1n) is 2.69.